The molecular weight excluding hydrogens is 1000 g/mol. The number of nitro groups is 2. The average molecular weight is 1030 g/mol. The summed E-state index contributed by atoms with van der Waals surface area (Å²) in [4.78, 5) is 55.8. The van der Waals surface area contributed by atoms with Crippen LogP contribution < -0.4 is 15.8 Å². The third-order valence-corrected chi connectivity index (χ3v) is 12.5. The smallest absolute Gasteiger partial charge is 0.296 e. The Hall–Kier alpha value is -8.47. The topological polar surface area (TPSA) is 274 Å². The number of anilines is 4. The van der Waals surface area contributed by atoms with Crippen molar-refractivity contribution in [1.82, 2.24) is 24.5 Å². The van der Waals surface area contributed by atoms with Crippen LogP contribution >= 0.6 is 34.8 Å². The van der Waals surface area contributed by atoms with Crippen LogP contribution in [-0.4, -0.2) is 59.5 Å². The van der Waals surface area contributed by atoms with Gasteiger partial charge in [0.2, 0.25) is 17.2 Å². The first-order valence-corrected chi connectivity index (χ1v) is 23.2. The summed E-state index contributed by atoms with van der Waals surface area (Å²) >= 11 is 18.4. The summed E-state index contributed by atoms with van der Waals surface area (Å²) in [6, 6.07) is 33.2. The zero-order valence-electron chi connectivity index (χ0n) is 36.2. The number of halogens is 3. The maximum absolute atomic E-state index is 14.0. The molecule has 0 saturated heterocycles. The molecule has 20 nitrogen and oxygen atoms in total. The number of phenols is 1. The van der Waals surface area contributed by atoms with Crippen LogP contribution in [0.5, 0.6) is 5.75 Å². The molecule has 354 valence electrons. The molecule has 0 amide bonds. The van der Waals surface area contributed by atoms with E-state index in [2.05, 4.69) is 30.5 Å². The Kier molecular flexibility index (Phi) is 12.8. The second kappa shape index (κ2) is 19.1. The fraction of sp³-hybridized carbons (Fsp3) is 0.0426. The number of rotatable bonds is 13. The van der Waals surface area contributed by atoms with E-state index in [1.165, 1.54) is 70.1 Å². The second-order valence-corrected chi connectivity index (χ2v) is 18.1. The minimum absolute atomic E-state index is 0.0256. The van der Waals surface area contributed by atoms with Gasteiger partial charge in [-0.2, -0.15) is 28.5 Å². The van der Waals surface area contributed by atoms with Gasteiger partial charge in [0.05, 0.1) is 32.1 Å². The largest absolute Gasteiger partial charge is 0.505 e. The molecule has 0 aliphatic rings. The van der Waals surface area contributed by atoms with Crippen molar-refractivity contribution < 1.29 is 27.9 Å². The van der Waals surface area contributed by atoms with E-state index in [1.54, 1.807) is 67.7 Å². The number of nitrogens with one attached hydrogen (secondary N) is 1. The molecule has 2 heterocycles. The summed E-state index contributed by atoms with van der Waals surface area (Å²) < 4.78 is 37.1. The number of benzene rings is 7. The molecule has 0 bridgehead atoms. The van der Waals surface area contributed by atoms with E-state index in [0.717, 1.165) is 12.1 Å². The fourth-order valence-corrected chi connectivity index (χ4v) is 8.71. The highest BCUT2D eigenvalue weighted by atomic mass is 35.5. The van der Waals surface area contributed by atoms with E-state index in [4.69, 9.17) is 39.8 Å². The van der Waals surface area contributed by atoms with Gasteiger partial charge in [0, 0.05) is 69.1 Å². The van der Waals surface area contributed by atoms with Crippen LogP contribution in [0.4, 0.5) is 46.0 Å². The number of hydrogen-bond donors (Lipinski definition) is 3. The van der Waals surface area contributed by atoms with Crippen molar-refractivity contribution in [1.29, 1.82) is 0 Å². The van der Waals surface area contributed by atoms with Crippen molar-refractivity contribution in [3.8, 4) is 22.8 Å². The number of phenolic OH excluding ortho intramolecular Hbond substituents is 1. The van der Waals surface area contributed by atoms with Crippen molar-refractivity contribution in [2.45, 2.75) is 11.3 Å². The van der Waals surface area contributed by atoms with Crippen molar-refractivity contribution in [3.63, 3.8) is 0 Å². The minimum Gasteiger partial charge on any atom is -0.505 e. The molecule has 0 saturated carbocycles. The zero-order valence-corrected chi connectivity index (χ0v) is 39.3. The first kappa shape index (κ1) is 47.6. The fourth-order valence-electron chi connectivity index (χ4n) is 7.60. The molecule has 3 N–H and O–H groups in total. The summed E-state index contributed by atoms with van der Waals surface area (Å²) in [5.74, 6) is -0.326. The quantitative estimate of drug-likeness (QED) is 0.0419. The maximum atomic E-state index is 14.0. The van der Waals surface area contributed by atoms with Crippen LogP contribution in [-0.2, 0) is 16.5 Å². The van der Waals surface area contributed by atoms with Gasteiger partial charge < -0.3 is 15.3 Å². The highest BCUT2D eigenvalue weighted by Crippen LogP contribution is 2.43. The molecule has 0 spiro atoms. The summed E-state index contributed by atoms with van der Waals surface area (Å²) in [6.45, 7) is 0. The van der Waals surface area contributed by atoms with Gasteiger partial charge in [-0.25, -0.2) is 4.98 Å². The molecule has 24 heteroatoms. The van der Waals surface area contributed by atoms with Crippen molar-refractivity contribution in [2.75, 3.05) is 17.3 Å². The molecule has 0 aliphatic heterocycles. The molecule has 2 aromatic heterocycles. The van der Waals surface area contributed by atoms with E-state index in [0.29, 0.717) is 32.5 Å². The predicted octanol–water partition coefficient (Wildman–Crippen LogP) is 11.6. The third kappa shape index (κ3) is 9.88. The van der Waals surface area contributed by atoms with Gasteiger partial charge in [-0.1, -0.05) is 53.5 Å². The standard InChI is InChI=1S/C47H30Cl3N11O9S/c1-58(47-54-45(50)53-46(55-47)51-31-13-9-29(48)10-14-31)33-16-18-35-28(20-33)21-40(71(68,69)70)41(42(35)62)57-56-32-12-7-26(38(23-32)60(64)65)19-27-8-15-34(24-39(27)61(66)67)59-43(25-5-3-2-4-6-25)52-37-22-30(49)11-17-36(37)44(59)63/h2-18,20-24,62H,19H2,1H3,(H,68,69,70)(H,51,53,54,55). The number of fused-ring (bicyclic) bond motifs is 2. The first-order valence-electron chi connectivity index (χ1n) is 20.6. The number of aromatic nitrogens is 5. The Morgan fingerprint density at radius 2 is 1.42 bits per heavy atom. The Labute approximate surface area is 415 Å². The van der Waals surface area contributed by atoms with E-state index in [9.17, 15) is 43.1 Å². The Morgan fingerprint density at radius 3 is 2.13 bits per heavy atom. The number of nitro benzene ring substituents is 2. The second-order valence-electron chi connectivity index (χ2n) is 15.5. The van der Waals surface area contributed by atoms with E-state index >= 15 is 0 Å². The van der Waals surface area contributed by atoms with Gasteiger partial charge in [0.15, 0.2) is 5.75 Å². The van der Waals surface area contributed by atoms with Crippen molar-refractivity contribution in [2.24, 2.45) is 10.2 Å². The predicted molar refractivity (Wildman–Crippen MR) is 268 cm³/mol. The van der Waals surface area contributed by atoms with Gasteiger partial charge in [-0.3, -0.25) is 34.1 Å². The molecule has 7 aromatic carbocycles. The Morgan fingerprint density at radius 1 is 0.746 bits per heavy atom. The normalized spacial score (nSPS) is 11.6. The Balaban J connectivity index is 1.02. The SMILES string of the molecule is CN(c1ccc2c(O)c(N=Nc3ccc(Cc4ccc(-n5c(-c6ccccc6)nc6cc(Cl)ccc6c5=O)cc4[N+](=O)[O-])c([N+](=O)[O-])c3)c(S(=O)(=O)O)cc2c1)c1nc(Cl)nc(Nc2ccc(Cl)cc2)n1. The minimum atomic E-state index is -5.09. The number of hydrogen-bond acceptors (Lipinski definition) is 16. The average Bonchev–Trinajstić information content (AvgIpc) is 3.34. The molecule has 0 atom stereocenters. The van der Waals surface area contributed by atoms with Gasteiger partial charge in [-0.15, -0.1) is 5.11 Å². The summed E-state index contributed by atoms with van der Waals surface area (Å²) in [5, 5.41) is 48.5. The molecule has 0 radical (unpaired) electrons. The molecular formula is C47H30Cl3N11O9S. The summed E-state index contributed by atoms with van der Waals surface area (Å²) in [5.41, 5.74) is -0.296. The number of aromatic hydroxyl groups is 1. The Bertz CT molecular complexity index is 3870. The molecule has 0 aliphatic carbocycles. The monoisotopic (exact) mass is 1030 g/mol. The van der Waals surface area contributed by atoms with E-state index in [-0.39, 0.29) is 68.1 Å². The third-order valence-electron chi connectivity index (χ3n) is 11.0. The van der Waals surface area contributed by atoms with E-state index in [1.807, 2.05) is 0 Å². The van der Waals surface area contributed by atoms with Crippen molar-refractivity contribution in [3.05, 3.63) is 190 Å². The highest BCUT2D eigenvalue weighted by molar-refractivity contribution is 7.86. The molecule has 9 rings (SSSR count). The van der Waals surface area contributed by atoms with Gasteiger partial charge in [0.25, 0.3) is 27.1 Å². The molecule has 71 heavy (non-hydrogen) atoms. The van der Waals surface area contributed by atoms with Gasteiger partial charge in [0.1, 0.15) is 16.4 Å². The molecule has 0 unspecified atom stereocenters. The molecule has 9 aromatic rings. The maximum Gasteiger partial charge on any atom is 0.296 e. The lowest BCUT2D eigenvalue weighted by atomic mass is 10.0. The number of azo groups is 1. The van der Waals surface area contributed by atoms with E-state index < -0.39 is 53.2 Å². The van der Waals surface area contributed by atoms with Crippen LogP contribution in [0.1, 0.15) is 11.1 Å². The highest BCUT2D eigenvalue weighted by Gasteiger charge is 2.26. The van der Waals surface area contributed by atoms with Crippen LogP contribution in [0.15, 0.2) is 153 Å². The summed E-state index contributed by atoms with van der Waals surface area (Å²) in [6.07, 6.45) is -0.323. The van der Waals surface area contributed by atoms with Crippen LogP contribution in [0, 0.1) is 20.2 Å². The lowest BCUT2D eigenvalue weighted by molar-refractivity contribution is -0.386. The van der Waals surface area contributed by atoms with Gasteiger partial charge in [-0.05, 0) is 108 Å². The van der Waals surface area contributed by atoms with Gasteiger partial charge >= 0.3 is 0 Å². The van der Waals surface area contributed by atoms with Crippen LogP contribution in [0.2, 0.25) is 15.3 Å². The number of nitrogens with zero attached hydrogens (tertiary/aromatic N) is 10. The van der Waals surface area contributed by atoms with Crippen molar-refractivity contribution >= 4 is 113 Å². The lowest BCUT2D eigenvalue weighted by Gasteiger charge is -2.19. The van der Waals surface area contributed by atoms with Crippen LogP contribution in [0.25, 0.3) is 38.8 Å². The molecule has 0 fully saturated rings. The zero-order chi connectivity index (χ0) is 50.3. The first-order chi connectivity index (χ1) is 33.9. The van der Waals surface area contributed by atoms with Crippen LogP contribution in [0.3, 0.4) is 0 Å². The lowest BCUT2D eigenvalue weighted by Crippen LogP contribution is -2.22. The summed E-state index contributed by atoms with van der Waals surface area (Å²) in [7, 11) is -3.49.